The van der Waals surface area contributed by atoms with E-state index in [9.17, 15) is 14.4 Å². The molecule has 3 saturated heterocycles. The zero-order valence-corrected chi connectivity index (χ0v) is 13.8. The van der Waals surface area contributed by atoms with Crippen LogP contribution in [-0.2, 0) is 14.4 Å². The highest BCUT2D eigenvalue weighted by molar-refractivity contribution is 5.86. The lowest BCUT2D eigenvalue weighted by Crippen LogP contribution is -2.48. The van der Waals surface area contributed by atoms with Crippen LogP contribution in [0.25, 0.3) is 0 Å². The molecule has 1 N–H and O–H groups in total. The summed E-state index contributed by atoms with van der Waals surface area (Å²) in [5.41, 5.74) is -0.355. The van der Waals surface area contributed by atoms with E-state index in [4.69, 9.17) is 0 Å². The van der Waals surface area contributed by atoms with Crippen molar-refractivity contribution in [3.63, 3.8) is 0 Å². The van der Waals surface area contributed by atoms with E-state index in [-0.39, 0.29) is 23.1 Å². The first-order valence-corrected chi connectivity index (χ1v) is 8.95. The number of nitrogens with one attached hydrogen (secondary N) is 1. The summed E-state index contributed by atoms with van der Waals surface area (Å²) in [6, 6.07) is 0. The molecule has 0 aromatic rings. The van der Waals surface area contributed by atoms with E-state index in [0.29, 0.717) is 32.5 Å². The maximum atomic E-state index is 12.5. The summed E-state index contributed by atoms with van der Waals surface area (Å²) in [5, 5.41) is 2.94. The van der Waals surface area contributed by atoms with Crippen molar-refractivity contribution in [3.8, 4) is 0 Å². The molecule has 3 heterocycles. The Morgan fingerprint density at radius 3 is 2.78 bits per heavy atom. The summed E-state index contributed by atoms with van der Waals surface area (Å²) in [5.74, 6) is 0.374. The Morgan fingerprint density at radius 2 is 1.96 bits per heavy atom. The number of amides is 3. The molecule has 0 bridgehead atoms. The minimum atomic E-state index is -0.355. The molecule has 0 aromatic heterocycles. The number of hydrogen-bond donors (Lipinski definition) is 1. The number of hydrogen-bond acceptors (Lipinski definition) is 3. The van der Waals surface area contributed by atoms with E-state index in [1.807, 2.05) is 9.80 Å². The highest BCUT2D eigenvalue weighted by atomic mass is 16.2. The van der Waals surface area contributed by atoms with Crippen molar-refractivity contribution in [2.75, 3.05) is 32.7 Å². The van der Waals surface area contributed by atoms with Crippen LogP contribution in [0, 0.1) is 5.41 Å². The van der Waals surface area contributed by atoms with Crippen LogP contribution < -0.4 is 5.32 Å². The number of likely N-dealkylation sites (tertiary alicyclic amines) is 2. The summed E-state index contributed by atoms with van der Waals surface area (Å²) < 4.78 is 0. The second kappa shape index (κ2) is 6.89. The molecule has 3 fully saturated rings. The van der Waals surface area contributed by atoms with Crippen LogP contribution in [0.1, 0.15) is 51.4 Å². The average molecular weight is 321 g/mol. The Bertz CT molecular complexity index is 493. The molecule has 6 nitrogen and oxygen atoms in total. The molecule has 0 unspecified atom stereocenters. The number of nitrogens with zero attached hydrogens (tertiary/aromatic N) is 2. The van der Waals surface area contributed by atoms with Gasteiger partial charge in [-0.2, -0.15) is 0 Å². The molecule has 3 aliphatic heterocycles. The first-order chi connectivity index (χ1) is 11.1. The molecule has 0 aromatic carbocycles. The zero-order chi connectivity index (χ0) is 16.3. The fourth-order valence-corrected chi connectivity index (χ4v) is 4.07. The molecular formula is C17H27N3O3. The van der Waals surface area contributed by atoms with Crippen LogP contribution in [0.15, 0.2) is 0 Å². The van der Waals surface area contributed by atoms with Crippen molar-refractivity contribution in [1.82, 2.24) is 15.1 Å². The summed E-state index contributed by atoms with van der Waals surface area (Å²) in [6.07, 6.45) is 6.74. The van der Waals surface area contributed by atoms with Gasteiger partial charge in [0.1, 0.15) is 0 Å². The van der Waals surface area contributed by atoms with E-state index >= 15 is 0 Å². The van der Waals surface area contributed by atoms with Crippen molar-refractivity contribution in [1.29, 1.82) is 0 Å². The Morgan fingerprint density at radius 1 is 1.09 bits per heavy atom. The molecule has 3 aliphatic rings. The minimum Gasteiger partial charge on any atom is -0.356 e. The molecule has 6 heteroatoms. The highest BCUT2D eigenvalue weighted by Gasteiger charge is 2.46. The third-order valence-corrected chi connectivity index (χ3v) is 5.57. The summed E-state index contributed by atoms with van der Waals surface area (Å²) in [4.78, 5) is 40.3. The van der Waals surface area contributed by atoms with Crippen LogP contribution in [0.5, 0.6) is 0 Å². The van der Waals surface area contributed by atoms with Crippen LogP contribution in [-0.4, -0.2) is 60.2 Å². The summed E-state index contributed by atoms with van der Waals surface area (Å²) in [7, 11) is 0. The lowest BCUT2D eigenvalue weighted by molar-refractivity contribution is -0.135. The maximum Gasteiger partial charge on any atom is 0.228 e. The molecular weight excluding hydrogens is 294 g/mol. The van der Waals surface area contributed by atoms with Gasteiger partial charge in [-0.25, -0.2) is 0 Å². The molecule has 3 amide bonds. The van der Waals surface area contributed by atoms with Crippen molar-refractivity contribution in [2.24, 2.45) is 5.41 Å². The van der Waals surface area contributed by atoms with Gasteiger partial charge < -0.3 is 15.1 Å². The van der Waals surface area contributed by atoms with Gasteiger partial charge in [-0.05, 0) is 32.1 Å². The minimum absolute atomic E-state index is 0.0808. The molecule has 0 aliphatic carbocycles. The van der Waals surface area contributed by atoms with Gasteiger partial charge in [-0.3, -0.25) is 14.4 Å². The quantitative estimate of drug-likeness (QED) is 0.840. The molecule has 3 rings (SSSR count). The first-order valence-electron chi connectivity index (χ1n) is 8.95. The van der Waals surface area contributed by atoms with Gasteiger partial charge >= 0.3 is 0 Å². The number of carbonyl (C=O) groups is 3. The monoisotopic (exact) mass is 321 g/mol. The second-order valence-corrected chi connectivity index (χ2v) is 7.15. The van der Waals surface area contributed by atoms with Crippen LogP contribution in [0.3, 0.4) is 0 Å². The van der Waals surface area contributed by atoms with E-state index in [1.54, 1.807) is 0 Å². The molecule has 128 valence electrons. The van der Waals surface area contributed by atoms with Gasteiger partial charge in [0.05, 0.1) is 5.41 Å². The first kappa shape index (κ1) is 16.3. The van der Waals surface area contributed by atoms with E-state index in [1.165, 1.54) is 0 Å². The SMILES string of the molecule is O=C1CCCCCN1CCC(=O)N1CC[C@]2(CCCNC2=O)C1. The van der Waals surface area contributed by atoms with E-state index in [2.05, 4.69) is 5.32 Å². The van der Waals surface area contributed by atoms with Crippen LogP contribution in [0.4, 0.5) is 0 Å². The molecule has 1 atom stereocenters. The smallest absolute Gasteiger partial charge is 0.228 e. The molecule has 0 radical (unpaired) electrons. The maximum absolute atomic E-state index is 12.5. The lowest BCUT2D eigenvalue weighted by atomic mass is 9.79. The number of carbonyl (C=O) groups excluding carboxylic acids is 3. The van der Waals surface area contributed by atoms with Crippen molar-refractivity contribution < 1.29 is 14.4 Å². The van der Waals surface area contributed by atoms with Gasteiger partial charge in [0.25, 0.3) is 0 Å². The summed E-state index contributed by atoms with van der Waals surface area (Å²) in [6.45, 7) is 3.27. The lowest BCUT2D eigenvalue weighted by Gasteiger charge is -2.32. The standard InChI is InChI=1S/C17H27N3O3/c21-14-5-2-1-3-10-19(14)11-6-15(22)20-12-8-17(13-20)7-4-9-18-16(17)23/h1-13H2,(H,18,23)/t17-/m1/s1. The third kappa shape index (κ3) is 3.51. The Hall–Kier alpha value is -1.59. The van der Waals surface area contributed by atoms with Gasteiger partial charge in [0, 0.05) is 45.6 Å². The van der Waals surface area contributed by atoms with E-state index in [0.717, 1.165) is 51.6 Å². The topological polar surface area (TPSA) is 69.7 Å². The van der Waals surface area contributed by atoms with Crippen LogP contribution in [0.2, 0.25) is 0 Å². The molecule has 1 spiro atoms. The van der Waals surface area contributed by atoms with Crippen LogP contribution >= 0.6 is 0 Å². The molecule has 23 heavy (non-hydrogen) atoms. The van der Waals surface area contributed by atoms with Gasteiger partial charge in [-0.15, -0.1) is 0 Å². The normalized spacial score (nSPS) is 28.9. The Kier molecular flexibility index (Phi) is 4.87. The van der Waals surface area contributed by atoms with Crippen molar-refractivity contribution in [3.05, 3.63) is 0 Å². The number of rotatable bonds is 3. The van der Waals surface area contributed by atoms with Gasteiger partial charge in [0.15, 0.2) is 0 Å². The van der Waals surface area contributed by atoms with E-state index < -0.39 is 0 Å². The number of piperidine rings is 1. The predicted octanol–water partition coefficient (Wildman–Crippen LogP) is 0.908. The largest absolute Gasteiger partial charge is 0.356 e. The fraction of sp³-hybridized carbons (Fsp3) is 0.824. The summed E-state index contributed by atoms with van der Waals surface area (Å²) >= 11 is 0. The Labute approximate surface area is 137 Å². The predicted molar refractivity (Wildman–Crippen MR) is 85.5 cm³/mol. The molecule has 0 saturated carbocycles. The van der Waals surface area contributed by atoms with Gasteiger partial charge in [-0.1, -0.05) is 6.42 Å². The van der Waals surface area contributed by atoms with Gasteiger partial charge in [0.2, 0.25) is 17.7 Å². The second-order valence-electron chi connectivity index (χ2n) is 7.15. The Balaban J connectivity index is 1.51. The zero-order valence-electron chi connectivity index (χ0n) is 13.8. The third-order valence-electron chi connectivity index (χ3n) is 5.57. The van der Waals surface area contributed by atoms with Crippen molar-refractivity contribution >= 4 is 17.7 Å². The average Bonchev–Trinajstić information content (AvgIpc) is 2.87. The highest BCUT2D eigenvalue weighted by Crippen LogP contribution is 2.37. The fourth-order valence-electron chi connectivity index (χ4n) is 4.07. The van der Waals surface area contributed by atoms with Crippen molar-refractivity contribution in [2.45, 2.75) is 51.4 Å².